The summed E-state index contributed by atoms with van der Waals surface area (Å²) in [6.45, 7) is 0. The van der Waals surface area contributed by atoms with Gasteiger partial charge in [-0.15, -0.1) is 11.3 Å². The maximum Gasteiger partial charge on any atom is 0.0542 e. The Kier molecular flexibility index (Phi) is 4.63. The van der Waals surface area contributed by atoms with E-state index >= 15 is 0 Å². The van der Waals surface area contributed by atoms with Crippen molar-refractivity contribution in [1.29, 1.82) is 0 Å². The van der Waals surface area contributed by atoms with Gasteiger partial charge < -0.3 is 9.13 Å². The molecule has 200 valence electrons. The molecule has 0 saturated heterocycles. The molecule has 0 unspecified atom stereocenters. The smallest absolute Gasteiger partial charge is 0.0542 e. The highest BCUT2D eigenvalue weighted by Crippen LogP contribution is 2.41. The summed E-state index contributed by atoms with van der Waals surface area (Å²) in [5, 5.41) is 10.4. The van der Waals surface area contributed by atoms with Gasteiger partial charge in [0.15, 0.2) is 0 Å². The van der Waals surface area contributed by atoms with Crippen molar-refractivity contribution in [3.05, 3.63) is 146 Å². The lowest BCUT2D eigenvalue weighted by Gasteiger charge is -2.10. The minimum Gasteiger partial charge on any atom is -0.309 e. The molecule has 3 heteroatoms. The number of nitrogens with zero attached hydrogens (tertiary/aromatic N) is 2. The van der Waals surface area contributed by atoms with E-state index in [0.717, 1.165) is 0 Å². The molecule has 0 N–H and O–H groups in total. The fraction of sp³-hybridized carbons (Fsp3) is 0. The minimum atomic E-state index is 1.18. The molecular formula is C40H24N2S. The molecule has 0 aliphatic carbocycles. The van der Waals surface area contributed by atoms with Gasteiger partial charge in [-0.05, 0) is 59.3 Å². The monoisotopic (exact) mass is 564 g/mol. The van der Waals surface area contributed by atoms with Crippen molar-refractivity contribution >= 4 is 85.9 Å². The van der Waals surface area contributed by atoms with Gasteiger partial charge in [0.05, 0.1) is 22.1 Å². The zero-order chi connectivity index (χ0) is 28.1. The van der Waals surface area contributed by atoms with Crippen LogP contribution in [0.1, 0.15) is 0 Å². The SMILES string of the molecule is c1ccc2c(c1)ccc1c3ccc(-n4c5ccccc5c5cc(-n6c7ccccc7c7ccccc76)ccc54)cc3sc21. The third kappa shape index (κ3) is 3.17. The molecule has 0 aliphatic rings. The number of benzene rings is 7. The van der Waals surface area contributed by atoms with Crippen molar-refractivity contribution in [2.75, 3.05) is 0 Å². The molecule has 0 fully saturated rings. The molecule has 2 nitrogen and oxygen atoms in total. The number of fused-ring (bicyclic) bond motifs is 11. The third-order valence-corrected chi connectivity index (χ3v) is 10.3. The van der Waals surface area contributed by atoms with E-state index < -0.39 is 0 Å². The van der Waals surface area contributed by atoms with Gasteiger partial charge in [0, 0.05) is 53.1 Å². The highest BCUT2D eigenvalue weighted by molar-refractivity contribution is 7.26. The van der Waals surface area contributed by atoms with E-state index in [1.807, 2.05) is 11.3 Å². The van der Waals surface area contributed by atoms with Crippen molar-refractivity contribution in [2.24, 2.45) is 0 Å². The fourth-order valence-electron chi connectivity index (χ4n) is 7.21. The van der Waals surface area contributed by atoms with Gasteiger partial charge in [-0.3, -0.25) is 0 Å². The molecule has 10 aromatic rings. The Labute approximate surface area is 251 Å². The molecule has 7 aromatic carbocycles. The molecule has 0 saturated carbocycles. The summed E-state index contributed by atoms with van der Waals surface area (Å²) >= 11 is 1.90. The number of thiophene rings is 1. The molecule has 0 aliphatic heterocycles. The molecule has 0 atom stereocenters. The molecule has 0 spiro atoms. The van der Waals surface area contributed by atoms with Crippen molar-refractivity contribution in [3.8, 4) is 11.4 Å². The van der Waals surface area contributed by atoms with Gasteiger partial charge in [0.25, 0.3) is 0 Å². The van der Waals surface area contributed by atoms with Crippen molar-refractivity contribution in [1.82, 2.24) is 9.13 Å². The van der Waals surface area contributed by atoms with Gasteiger partial charge in [-0.25, -0.2) is 0 Å². The van der Waals surface area contributed by atoms with Crippen LogP contribution < -0.4 is 0 Å². The van der Waals surface area contributed by atoms with Crippen LogP contribution in [-0.4, -0.2) is 9.13 Å². The van der Waals surface area contributed by atoms with Gasteiger partial charge >= 0.3 is 0 Å². The van der Waals surface area contributed by atoms with E-state index in [4.69, 9.17) is 0 Å². The Hall–Kier alpha value is -5.38. The van der Waals surface area contributed by atoms with Crippen LogP contribution in [0.3, 0.4) is 0 Å². The fourth-order valence-corrected chi connectivity index (χ4v) is 8.48. The maximum absolute atomic E-state index is 2.43. The Morgan fingerprint density at radius 1 is 0.349 bits per heavy atom. The summed E-state index contributed by atoms with van der Waals surface area (Å²) in [7, 11) is 0. The van der Waals surface area contributed by atoms with Crippen LogP contribution in [0.5, 0.6) is 0 Å². The Morgan fingerprint density at radius 3 is 1.56 bits per heavy atom. The van der Waals surface area contributed by atoms with E-state index in [0.29, 0.717) is 0 Å². The predicted octanol–water partition coefficient (Wildman–Crippen LogP) is 11.4. The summed E-state index contributed by atoms with van der Waals surface area (Å²) < 4.78 is 7.52. The summed E-state index contributed by atoms with van der Waals surface area (Å²) in [5.74, 6) is 0. The zero-order valence-electron chi connectivity index (χ0n) is 23.2. The van der Waals surface area contributed by atoms with Crippen molar-refractivity contribution in [2.45, 2.75) is 0 Å². The number of hydrogen-bond donors (Lipinski definition) is 0. The first-order valence-electron chi connectivity index (χ1n) is 14.7. The summed E-state index contributed by atoms with van der Waals surface area (Å²) in [5.41, 5.74) is 7.28. The number of para-hydroxylation sites is 3. The van der Waals surface area contributed by atoms with Crippen LogP contribution in [0.2, 0.25) is 0 Å². The van der Waals surface area contributed by atoms with Crippen LogP contribution in [-0.2, 0) is 0 Å². The first-order valence-corrected chi connectivity index (χ1v) is 15.5. The standard InChI is InChI=1S/C40H24N2S/c1-2-10-28-25(9-1)17-20-33-32-21-18-27(24-39(32)43-40(28)33)42-37-16-8-5-13-31(37)34-23-26(19-22-38(34)42)41-35-14-6-3-11-29(35)30-12-4-7-15-36(30)41/h1-24H. The second kappa shape index (κ2) is 8.57. The minimum absolute atomic E-state index is 1.18. The molecule has 0 bridgehead atoms. The van der Waals surface area contributed by atoms with E-state index in [-0.39, 0.29) is 0 Å². The maximum atomic E-state index is 2.43. The number of hydrogen-bond acceptors (Lipinski definition) is 1. The highest BCUT2D eigenvalue weighted by atomic mass is 32.1. The van der Waals surface area contributed by atoms with Crippen molar-refractivity contribution < 1.29 is 0 Å². The number of aromatic nitrogens is 2. The molecule has 10 rings (SSSR count). The second-order valence-corrected chi connectivity index (χ2v) is 12.4. The quantitative estimate of drug-likeness (QED) is 0.198. The van der Waals surface area contributed by atoms with Gasteiger partial charge in [0.2, 0.25) is 0 Å². The Balaban J connectivity index is 1.23. The van der Waals surface area contributed by atoms with Crippen LogP contribution in [0.15, 0.2) is 146 Å². The average Bonchev–Trinajstić information content (AvgIpc) is 3.72. The van der Waals surface area contributed by atoms with E-state index in [9.17, 15) is 0 Å². The van der Waals surface area contributed by atoms with E-state index in [1.165, 1.54) is 85.9 Å². The van der Waals surface area contributed by atoms with E-state index in [2.05, 4.69) is 155 Å². The lowest BCUT2D eigenvalue weighted by atomic mass is 10.1. The predicted molar refractivity (Wildman–Crippen MR) is 186 cm³/mol. The van der Waals surface area contributed by atoms with Gasteiger partial charge in [-0.1, -0.05) is 97.1 Å². The molecule has 0 radical (unpaired) electrons. The first-order chi connectivity index (χ1) is 21.3. The third-order valence-electron chi connectivity index (χ3n) is 9.10. The normalized spacial score (nSPS) is 12.2. The summed E-state index contributed by atoms with van der Waals surface area (Å²) in [6.07, 6.45) is 0. The molecule has 0 amide bonds. The molecule has 3 heterocycles. The van der Waals surface area contributed by atoms with Gasteiger partial charge in [-0.2, -0.15) is 0 Å². The zero-order valence-corrected chi connectivity index (χ0v) is 24.0. The van der Waals surface area contributed by atoms with Crippen LogP contribution in [0, 0.1) is 0 Å². The Bertz CT molecular complexity index is 2680. The largest absolute Gasteiger partial charge is 0.309 e. The van der Waals surface area contributed by atoms with Crippen LogP contribution >= 0.6 is 11.3 Å². The van der Waals surface area contributed by atoms with Gasteiger partial charge in [0.1, 0.15) is 0 Å². The Morgan fingerprint density at radius 2 is 0.860 bits per heavy atom. The molecule has 43 heavy (non-hydrogen) atoms. The van der Waals surface area contributed by atoms with Crippen LogP contribution in [0.25, 0.3) is 85.9 Å². The first kappa shape index (κ1) is 23.2. The topological polar surface area (TPSA) is 9.86 Å². The molecular weight excluding hydrogens is 541 g/mol. The van der Waals surface area contributed by atoms with E-state index in [1.54, 1.807) is 0 Å². The number of rotatable bonds is 2. The lowest BCUT2D eigenvalue weighted by Crippen LogP contribution is -1.95. The molecule has 3 aromatic heterocycles. The highest BCUT2D eigenvalue weighted by Gasteiger charge is 2.17. The lowest BCUT2D eigenvalue weighted by molar-refractivity contribution is 1.17. The second-order valence-electron chi connectivity index (χ2n) is 11.4. The average molecular weight is 565 g/mol. The van der Waals surface area contributed by atoms with Crippen molar-refractivity contribution in [3.63, 3.8) is 0 Å². The van der Waals surface area contributed by atoms with Crippen LogP contribution in [0.4, 0.5) is 0 Å². The summed E-state index contributed by atoms with van der Waals surface area (Å²) in [4.78, 5) is 0. The summed E-state index contributed by atoms with van der Waals surface area (Å²) in [6, 6.07) is 53.4.